The first-order valence-electron chi connectivity index (χ1n) is 6.05. The van der Waals surface area contributed by atoms with E-state index in [1.165, 1.54) is 0 Å². The average Bonchev–Trinajstić information content (AvgIpc) is 2.46. The van der Waals surface area contributed by atoms with Gasteiger partial charge in [-0.05, 0) is 0 Å². The van der Waals surface area contributed by atoms with Crippen LogP contribution in [0.1, 0.15) is 19.3 Å². The second-order valence-electron chi connectivity index (χ2n) is 3.90. The van der Waals surface area contributed by atoms with E-state index in [-0.39, 0.29) is 39.0 Å². The molecule has 0 aromatic heterocycles. The van der Waals surface area contributed by atoms with Crippen LogP contribution in [0, 0.1) is 0 Å². The van der Waals surface area contributed by atoms with Crippen molar-refractivity contribution in [3.8, 4) is 0 Å². The minimum Gasteiger partial charge on any atom is -0.481 e. The van der Waals surface area contributed by atoms with Gasteiger partial charge in [-0.15, -0.1) is 0 Å². The summed E-state index contributed by atoms with van der Waals surface area (Å²) in [6, 6.07) is 0. The Balaban J connectivity index is -0.0000000960. The van der Waals surface area contributed by atoms with E-state index in [2.05, 4.69) is 0 Å². The third-order valence-corrected chi connectivity index (χ3v) is 1.65. The van der Waals surface area contributed by atoms with Gasteiger partial charge in [0.15, 0.2) is 0 Å². The van der Waals surface area contributed by atoms with Gasteiger partial charge in [-0.1, -0.05) is 0 Å². The van der Waals surface area contributed by atoms with Crippen LogP contribution in [0.15, 0.2) is 0 Å². The summed E-state index contributed by atoms with van der Waals surface area (Å²) in [6.45, 7) is 0. The van der Waals surface area contributed by atoms with Crippen molar-refractivity contribution in [3.63, 3.8) is 0 Å². The molecule has 0 aliphatic rings. The second kappa shape index (κ2) is 19.8. The van der Waals surface area contributed by atoms with Crippen molar-refractivity contribution < 1.29 is 113 Å². The van der Waals surface area contributed by atoms with E-state index >= 15 is 0 Å². The summed E-state index contributed by atoms with van der Waals surface area (Å²) in [5, 5.41) is 47.0. The number of Topliss-reactive ketones (excluding diaryl/α,β-unsaturated/α-hetero) is 3. The maximum Gasteiger partial charge on any atom is 0.372 e. The van der Waals surface area contributed by atoms with Crippen LogP contribution in [0.2, 0.25) is 0 Å². The van der Waals surface area contributed by atoms with E-state index in [0.717, 1.165) is 0 Å². The number of hydrogen-bond acceptors (Lipinski definition) is 9. The molecule has 0 saturated carbocycles. The molecule has 0 fully saturated rings. The monoisotopic (exact) mass is 600 g/mol. The Morgan fingerprint density at radius 2 is 0.517 bits per heavy atom. The van der Waals surface area contributed by atoms with Crippen LogP contribution in [0.4, 0.5) is 0 Å². The van der Waals surface area contributed by atoms with Crippen molar-refractivity contribution in [3.05, 3.63) is 0 Å². The number of carboxylic acids is 6. The minimum absolute atomic E-state index is 0. The van der Waals surface area contributed by atoms with Crippen molar-refractivity contribution in [2.75, 3.05) is 0 Å². The molecule has 29 heavy (non-hydrogen) atoms. The van der Waals surface area contributed by atoms with E-state index in [0.29, 0.717) is 0 Å². The summed E-state index contributed by atoms with van der Waals surface area (Å²) in [7, 11) is 0. The van der Waals surface area contributed by atoms with Gasteiger partial charge in [-0.3, -0.25) is 28.8 Å². The van der Waals surface area contributed by atoms with E-state index in [4.69, 9.17) is 30.6 Å². The summed E-state index contributed by atoms with van der Waals surface area (Å²) in [6.07, 6.45) is -2.85. The molecule has 15 nitrogen and oxygen atoms in total. The average molecular weight is 598 g/mol. The third kappa shape index (κ3) is 30.1. The summed E-state index contributed by atoms with van der Waals surface area (Å²) >= 11 is 0. The summed E-state index contributed by atoms with van der Waals surface area (Å²) in [4.78, 5) is 87.7. The van der Waals surface area contributed by atoms with Gasteiger partial charge in [0.05, 0.1) is 0 Å². The number of aliphatic carboxylic acids is 6. The fourth-order valence-corrected chi connectivity index (χ4v) is 0.639. The number of carboxylic acid groups (broad SMARTS) is 6. The third-order valence-electron chi connectivity index (χ3n) is 1.65. The van der Waals surface area contributed by atoms with E-state index in [1.54, 1.807) is 0 Å². The number of carbonyl (C=O) groups excluding carboxylic acids is 3. The van der Waals surface area contributed by atoms with Gasteiger partial charge in [0, 0.05) is 39.0 Å². The molecule has 0 atom stereocenters. The zero-order chi connectivity index (χ0) is 22.3. The van der Waals surface area contributed by atoms with Crippen molar-refractivity contribution >= 4 is 53.2 Å². The second-order valence-corrected chi connectivity index (χ2v) is 3.90. The van der Waals surface area contributed by atoms with Crippen LogP contribution in [0.5, 0.6) is 0 Å². The van der Waals surface area contributed by atoms with E-state index < -0.39 is 72.4 Å². The first kappa shape index (κ1) is 36.9. The van der Waals surface area contributed by atoms with Crippen LogP contribution < -0.4 is 0 Å². The van der Waals surface area contributed by atoms with Crippen LogP contribution in [0.25, 0.3) is 0 Å². The van der Waals surface area contributed by atoms with Crippen LogP contribution >= 0.6 is 0 Å². The topological polar surface area (TPSA) is 275 Å². The van der Waals surface area contributed by atoms with Crippen molar-refractivity contribution in [2.24, 2.45) is 0 Å². The normalized spacial score (nSPS) is 7.86. The maximum atomic E-state index is 9.97. The number of carbonyl (C=O) groups is 9. The van der Waals surface area contributed by atoms with Gasteiger partial charge in [0.2, 0.25) is 0 Å². The predicted octanol–water partition coefficient (Wildman–Crippen LogP) is -2.66. The maximum absolute atomic E-state index is 9.97. The molecule has 0 rings (SSSR count). The molecule has 0 unspecified atom stereocenters. The van der Waals surface area contributed by atoms with Gasteiger partial charge in [0.1, 0.15) is 19.3 Å². The molecule has 166 valence electrons. The van der Waals surface area contributed by atoms with Gasteiger partial charge in [-0.2, -0.15) is 0 Å². The molecular formula is C12H12O15Ru2. The smallest absolute Gasteiger partial charge is 0.372 e. The zero-order valence-corrected chi connectivity index (χ0v) is 17.2. The largest absolute Gasteiger partial charge is 0.481 e. The van der Waals surface area contributed by atoms with Gasteiger partial charge in [0.25, 0.3) is 17.3 Å². The summed E-state index contributed by atoms with van der Waals surface area (Å²) in [5.74, 6) is -13.3. The molecule has 0 heterocycles. The number of hydrogen-bond donors (Lipinski definition) is 6. The molecule has 0 spiro atoms. The molecule has 0 aliphatic carbocycles. The number of rotatable bonds is 9. The molecule has 0 radical (unpaired) electrons. The fraction of sp³-hybridized carbons (Fsp3) is 0.250. The Labute approximate surface area is 185 Å². The van der Waals surface area contributed by atoms with E-state index in [9.17, 15) is 43.2 Å². The Hall–Kier alpha value is -2.92. The number of ketones is 3. The standard InChI is InChI=1S/3C4H4O5.2Ru/c3*5-2(4(8)9)1-3(6)7;;/h3*1H2,(H,6,7)(H,8,9);;. The Kier molecular flexibility index (Phi) is 25.2. The zero-order valence-electron chi connectivity index (χ0n) is 13.7. The van der Waals surface area contributed by atoms with Crippen molar-refractivity contribution in [2.45, 2.75) is 19.3 Å². The van der Waals surface area contributed by atoms with Crippen LogP contribution in [0.3, 0.4) is 0 Å². The van der Waals surface area contributed by atoms with Crippen LogP contribution in [-0.4, -0.2) is 83.8 Å². The Bertz CT molecular complexity index is 576. The Morgan fingerprint density at radius 1 is 0.379 bits per heavy atom. The molecule has 0 aromatic carbocycles. The summed E-state index contributed by atoms with van der Waals surface area (Å²) < 4.78 is 0. The van der Waals surface area contributed by atoms with Crippen molar-refractivity contribution in [1.29, 1.82) is 0 Å². The van der Waals surface area contributed by atoms with Crippen LogP contribution in [-0.2, 0) is 82.1 Å². The first-order valence-corrected chi connectivity index (χ1v) is 6.05. The molecule has 0 aliphatic heterocycles. The van der Waals surface area contributed by atoms with Gasteiger partial charge >= 0.3 is 35.8 Å². The Morgan fingerprint density at radius 3 is 0.552 bits per heavy atom. The van der Waals surface area contributed by atoms with Crippen molar-refractivity contribution in [1.82, 2.24) is 0 Å². The predicted molar refractivity (Wildman–Crippen MR) is 74.7 cm³/mol. The molecule has 0 aromatic rings. The minimum atomic E-state index is -1.71. The summed E-state index contributed by atoms with van der Waals surface area (Å²) in [5.41, 5.74) is 0. The molecular weight excluding hydrogens is 586 g/mol. The van der Waals surface area contributed by atoms with E-state index in [1.807, 2.05) is 0 Å². The SMILES string of the molecule is O=C(O)CC(=O)C(=O)O.O=C(O)CC(=O)C(=O)O.O=C(O)CC(=O)C(=O)O.[Ru].[Ru]. The molecule has 6 N–H and O–H groups in total. The first-order chi connectivity index (χ1) is 12.1. The molecule has 0 amide bonds. The van der Waals surface area contributed by atoms with Gasteiger partial charge < -0.3 is 30.6 Å². The quantitative estimate of drug-likeness (QED) is 0.0897. The molecule has 17 heteroatoms. The van der Waals surface area contributed by atoms with Gasteiger partial charge in [-0.25, -0.2) is 14.4 Å². The molecule has 0 saturated heterocycles. The molecule has 0 bridgehead atoms. The fourth-order valence-electron chi connectivity index (χ4n) is 0.639.